The second kappa shape index (κ2) is 6.38. The van der Waals surface area contributed by atoms with E-state index in [-0.39, 0.29) is 5.54 Å². The van der Waals surface area contributed by atoms with Gasteiger partial charge in [-0.25, -0.2) is 0 Å². The van der Waals surface area contributed by atoms with Crippen LogP contribution in [0.2, 0.25) is 0 Å². The molecule has 2 heteroatoms. The van der Waals surface area contributed by atoms with Crippen LogP contribution in [0.25, 0.3) is 0 Å². The van der Waals surface area contributed by atoms with Crippen molar-refractivity contribution in [1.82, 2.24) is 10.6 Å². The highest BCUT2D eigenvalue weighted by Crippen LogP contribution is 2.24. The molecule has 0 spiro atoms. The largest absolute Gasteiger partial charge is 0.311 e. The third-order valence-electron chi connectivity index (χ3n) is 4.44. The number of hydrogen-bond donors (Lipinski definition) is 2. The van der Waals surface area contributed by atoms with E-state index in [1.807, 2.05) is 0 Å². The summed E-state index contributed by atoms with van der Waals surface area (Å²) < 4.78 is 0. The van der Waals surface area contributed by atoms with Crippen LogP contribution in [-0.2, 0) is 0 Å². The molecule has 0 atom stereocenters. The van der Waals surface area contributed by atoms with Crippen LogP contribution in [-0.4, -0.2) is 23.7 Å². The van der Waals surface area contributed by atoms with E-state index in [4.69, 9.17) is 0 Å². The first-order valence-electron chi connectivity index (χ1n) is 8.07. The van der Waals surface area contributed by atoms with Crippen LogP contribution < -0.4 is 10.6 Å². The first-order valence-corrected chi connectivity index (χ1v) is 8.07. The molecule has 2 N–H and O–H groups in total. The fourth-order valence-corrected chi connectivity index (χ4v) is 3.62. The normalized spacial score (nSPS) is 31.5. The molecule has 0 radical (unpaired) electrons. The monoisotopic (exact) mass is 252 g/mol. The summed E-state index contributed by atoms with van der Waals surface area (Å²) in [6.45, 7) is 6.83. The lowest BCUT2D eigenvalue weighted by Crippen LogP contribution is -2.48. The smallest absolute Gasteiger partial charge is 0.00990 e. The van der Waals surface area contributed by atoms with E-state index in [1.165, 1.54) is 57.8 Å². The summed E-state index contributed by atoms with van der Waals surface area (Å²) in [5, 5.41) is 7.67. The van der Waals surface area contributed by atoms with E-state index in [1.54, 1.807) is 0 Å². The molecular weight excluding hydrogens is 220 g/mol. The van der Waals surface area contributed by atoms with Gasteiger partial charge in [0.2, 0.25) is 0 Å². The van der Waals surface area contributed by atoms with Crippen molar-refractivity contribution >= 4 is 0 Å². The average molecular weight is 252 g/mol. The Hall–Kier alpha value is -0.0800. The average Bonchev–Trinajstić information content (AvgIpc) is 2.31. The molecular formula is C16H32N2. The number of rotatable bonds is 3. The van der Waals surface area contributed by atoms with Gasteiger partial charge in [0, 0.05) is 23.7 Å². The Morgan fingerprint density at radius 3 is 1.72 bits per heavy atom. The Balaban J connectivity index is 1.66. The van der Waals surface area contributed by atoms with E-state index in [9.17, 15) is 0 Å². The Kier molecular flexibility index (Phi) is 5.08. The van der Waals surface area contributed by atoms with E-state index < -0.39 is 0 Å². The molecule has 0 amide bonds. The van der Waals surface area contributed by atoms with Crippen LogP contribution >= 0.6 is 0 Å². The highest BCUT2D eigenvalue weighted by molar-refractivity contribution is 4.87. The maximum Gasteiger partial charge on any atom is 0.00990 e. The molecule has 0 saturated heterocycles. The van der Waals surface area contributed by atoms with Crippen LogP contribution in [0.5, 0.6) is 0 Å². The number of hydrogen-bond acceptors (Lipinski definition) is 2. The van der Waals surface area contributed by atoms with Gasteiger partial charge in [-0.15, -0.1) is 0 Å². The van der Waals surface area contributed by atoms with Gasteiger partial charge < -0.3 is 10.6 Å². The van der Waals surface area contributed by atoms with Gasteiger partial charge in [0.05, 0.1) is 0 Å². The third-order valence-corrected chi connectivity index (χ3v) is 4.44. The summed E-state index contributed by atoms with van der Waals surface area (Å²) in [6, 6.07) is 2.37. The zero-order valence-electron chi connectivity index (χ0n) is 12.6. The van der Waals surface area contributed by atoms with Gasteiger partial charge in [-0.3, -0.25) is 0 Å². The van der Waals surface area contributed by atoms with E-state index in [0.717, 1.165) is 18.1 Å². The molecule has 2 rings (SSSR count). The van der Waals surface area contributed by atoms with Crippen molar-refractivity contribution in [3.8, 4) is 0 Å². The summed E-state index contributed by atoms with van der Waals surface area (Å²) in [5.74, 6) is 0. The molecule has 2 aliphatic carbocycles. The summed E-state index contributed by atoms with van der Waals surface area (Å²) in [7, 11) is 0. The predicted octanol–water partition coefficient (Wildman–Crippen LogP) is 3.61. The lowest BCUT2D eigenvalue weighted by Gasteiger charge is -2.36. The fourth-order valence-electron chi connectivity index (χ4n) is 3.62. The van der Waals surface area contributed by atoms with Crippen LogP contribution in [0.1, 0.15) is 78.6 Å². The summed E-state index contributed by atoms with van der Waals surface area (Å²) in [4.78, 5) is 0. The lowest BCUT2D eigenvalue weighted by atomic mass is 9.87. The van der Waals surface area contributed by atoms with Gasteiger partial charge in [0.25, 0.3) is 0 Å². The Morgan fingerprint density at radius 2 is 1.17 bits per heavy atom. The van der Waals surface area contributed by atoms with Gasteiger partial charge in [-0.2, -0.15) is 0 Å². The van der Waals surface area contributed by atoms with Crippen LogP contribution in [0.3, 0.4) is 0 Å². The Labute approximate surface area is 113 Å². The summed E-state index contributed by atoms with van der Waals surface area (Å²) in [6.07, 6.45) is 12.6. The standard InChI is InChI=1S/C16H32N2/c1-16(2,3)18-15-11-9-14(10-12-15)17-13-7-5-4-6-8-13/h13-15,17-18H,4-12H2,1-3H3/t14-,15-. The van der Waals surface area contributed by atoms with Crippen molar-refractivity contribution in [2.75, 3.05) is 0 Å². The molecule has 2 saturated carbocycles. The van der Waals surface area contributed by atoms with Crippen molar-refractivity contribution in [1.29, 1.82) is 0 Å². The number of nitrogens with one attached hydrogen (secondary N) is 2. The summed E-state index contributed by atoms with van der Waals surface area (Å²) in [5.41, 5.74) is 0.272. The topological polar surface area (TPSA) is 24.1 Å². The van der Waals surface area contributed by atoms with Crippen molar-refractivity contribution < 1.29 is 0 Å². The van der Waals surface area contributed by atoms with Crippen molar-refractivity contribution in [3.63, 3.8) is 0 Å². The first kappa shape index (κ1) is 14.3. The molecule has 0 aromatic carbocycles. The predicted molar refractivity (Wildman–Crippen MR) is 78.9 cm³/mol. The molecule has 2 nitrogen and oxygen atoms in total. The van der Waals surface area contributed by atoms with Crippen LogP contribution in [0, 0.1) is 0 Å². The highest BCUT2D eigenvalue weighted by atomic mass is 15.0. The molecule has 0 aromatic heterocycles. The van der Waals surface area contributed by atoms with Gasteiger partial charge in [0.15, 0.2) is 0 Å². The maximum absolute atomic E-state index is 3.91. The van der Waals surface area contributed by atoms with E-state index >= 15 is 0 Å². The SMILES string of the molecule is CC(C)(C)N[C@H]1CC[C@H](NC2CCCCC2)CC1. The molecule has 2 fully saturated rings. The van der Waals surface area contributed by atoms with Crippen LogP contribution in [0.15, 0.2) is 0 Å². The minimum absolute atomic E-state index is 0.272. The van der Waals surface area contributed by atoms with Crippen molar-refractivity contribution in [2.45, 2.75) is 102 Å². The van der Waals surface area contributed by atoms with Gasteiger partial charge >= 0.3 is 0 Å². The minimum atomic E-state index is 0.272. The molecule has 0 aliphatic heterocycles. The second-order valence-corrected chi connectivity index (χ2v) is 7.44. The minimum Gasteiger partial charge on any atom is -0.311 e. The summed E-state index contributed by atoms with van der Waals surface area (Å²) >= 11 is 0. The molecule has 0 aromatic rings. The lowest BCUT2D eigenvalue weighted by molar-refractivity contribution is 0.238. The van der Waals surface area contributed by atoms with Gasteiger partial charge in [-0.05, 0) is 59.3 Å². The second-order valence-electron chi connectivity index (χ2n) is 7.44. The maximum atomic E-state index is 3.91. The van der Waals surface area contributed by atoms with E-state index in [2.05, 4.69) is 31.4 Å². The van der Waals surface area contributed by atoms with Gasteiger partial charge in [0.1, 0.15) is 0 Å². The molecule has 0 bridgehead atoms. The molecule has 0 unspecified atom stereocenters. The molecule has 2 aliphatic rings. The highest BCUT2D eigenvalue weighted by Gasteiger charge is 2.25. The van der Waals surface area contributed by atoms with Crippen molar-refractivity contribution in [3.05, 3.63) is 0 Å². The molecule has 18 heavy (non-hydrogen) atoms. The first-order chi connectivity index (χ1) is 8.53. The third kappa shape index (κ3) is 4.89. The zero-order valence-corrected chi connectivity index (χ0v) is 12.6. The molecule has 0 heterocycles. The molecule has 106 valence electrons. The fraction of sp³-hybridized carbons (Fsp3) is 1.00. The van der Waals surface area contributed by atoms with Crippen molar-refractivity contribution in [2.24, 2.45) is 0 Å². The Bertz CT molecular complexity index is 230. The van der Waals surface area contributed by atoms with E-state index in [0.29, 0.717) is 0 Å². The quantitative estimate of drug-likeness (QED) is 0.802. The van der Waals surface area contributed by atoms with Gasteiger partial charge in [-0.1, -0.05) is 19.3 Å². The zero-order chi connectivity index (χ0) is 13.0. The Morgan fingerprint density at radius 1 is 0.667 bits per heavy atom. The van der Waals surface area contributed by atoms with Crippen LogP contribution in [0.4, 0.5) is 0 Å².